The zero-order valence-electron chi connectivity index (χ0n) is 21.2. The molecule has 0 radical (unpaired) electrons. The van der Waals surface area contributed by atoms with Crippen molar-refractivity contribution in [2.45, 2.75) is 55.9 Å². The van der Waals surface area contributed by atoms with E-state index < -0.39 is 47.2 Å². The van der Waals surface area contributed by atoms with Gasteiger partial charge in [-0.05, 0) is 32.0 Å². The van der Waals surface area contributed by atoms with Gasteiger partial charge in [-0.15, -0.1) is 20.4 Å². The van der Waals surface area contributed by atoms with Gasteiger partial charge in [-0.25, -0.2) is 9.20 Å². The smallest absolute Gasteiger partial charge is 0.296 e. The third-order valence-corrected chi connectivity index (χ3v) is 7.36. The van der Waals surface area contributed by atoms with Gasteiger partial charge in [-0.1, -0.05) is 20.8 Å². The number of azo groups is 1. The summed E-state index contributed by atoms with van der Waals surface area (Å²) >= 11 is 0. The number of aliphatic hydroxyl groups excluding tert-OH is 1. The van der Waals surface area contributed by atoms with E-state index in [1.54, 1.807) is 0 Å². The molecule has 39 heavy (non-hydrogen) atoms. The van der Waals surface area contributed by atoms with E-state index >= 15 is 0 Å². The maximum atomic E-state index is 12.1. The number of benzene rings is 1. The Labute approximate surface area is 222 Å². The van der Waals surface area contributed by atoms with Crippen molar-refractivity contribution in [3.8, 4) is 11.8 Å². The Kier molecular flexibility index (Phi) is 6.69. The van der Waals surface area contributed by atoms with E-state index in [-0.39, 0.29) is 34.2 Å². The first kappa shape index (κ1) is 28.0. The monoisotopic (exact) mass is 577 g/mol. The molecule has 0 spiro atoms. The van der Waals surface area contributed by atoms with Crippen molar-refractivity contribution in [3.05, 3.63) is 41.0 Å². The summed E-state index contributed by atoms with van der Waals surface area (Å²) in [5.74, 6) is -0.0998. The summed E-state index contributed by atoms with van der Waals surface area (Å²) in [5.41, 5.74) is -0.176. The second kappa shape index (κ2) is 9.32. The number of rotatable bonds is 6. The van der Waals surface area contributed by atoms with Gasteiger partial charge < -0.3 is 5.11 Å². The van der Waals surface area contributed by atoms with E-state index in [1.165, 1.54) is 18.4 Å². The van der Waals surface area contributed by atoms with Crippen molar-refractivity contribution in [1.82, 2.24) is 29.6 Å². The van der Waals surface area contributed by atoms with Gasteiger partial charge in [0.2, 0.25) is 5.65 Å². The molecule has 0 amide bonds. The number of aryl methyl sites for hydroxylation is 1. The van der Waals surface area contributed by atoms with Crippen LogP contribution in [0.25, 0.3) is 11.3 Å². The largest absolute Gasteiger partial charge is 0.385 e. The average Bonchev–Trinajstić information content (AvgIpc) is 3.47. The first-order valence-electron chi connectivity index (χ1n) is 11.1. The summed E-state index contributed by atoms with van der Waals surface area (Å²) in [6.07, 6.45) is -0.973. The highest BCUT2D eigenvalue weighted by Crippen LogP contribution is 2.37. The molecule has 3 heterocycles. The quantitative estimate of drug-likeness (QED) is 0.192. The highest BCUT2D eigenvalue weighted by Gasteiger charge is 2.29. The molecule has 3 aromatic heterocycles. The molecule has 18 heteroatoms. The number of aliphatic hydroxyl groups is 1. The molecular weight excluding hydrogens is 554 g/mol. The number of aromatic amines is 1. The number of hydrogen-bond acceptors (Lipinski definition) is 11. The minimum Gasteiger partial charge on any atom is -0.385 e. The number of nitrogens with zero attached hydrogens (tertiary/aromatic N) is 8. The van der Waals surface area contributed by atoms with Crippen molar-refractivity contribution >= 4 is 37.4 Å². The highest BCUT2D eigenvalue weighted by molar-refractivity contribution is 7.86. The molecule has 0 fully saturated rings. The number of H-pyrrole nitrogens is 1. The van der Waals surface area contributed by atoms with E-state index in [2.05, 4.69) is 30.6 Å². The van der Waals surface area contributed by atoms with Crippen LogP contribution in [0.15, 0.2) is 38.2 Å². The van der Waals surface area contributed by atoms with Gasteiger partial charge in [0.25, 0.3) is 20.2 Å². The Balaban J connectivity index is 2.03. The fourth-order valence-electron chi connectivity index (χ4n) is 3.77. The maximum absolute atomic E-state index is 12.1. The normalized spacial score (nSPS) is 13.8. The highest BCUT2D eigenvalue weighted by atomic mass is 32.2. The predicted molar refractivity (Wildman–Crippen MR) is 133 cm³/mol. The first-order chi connectivity index (χ1) is 17.9. The number of fused-ring (bicyclic) bond motifs is 1. The standard InChI is InChI=1S/C21H23N9O7S2/c1-10-13(9-22)19(29(27-10)14-8-12(38(32,33)34)6-7-15(14)39(35,36)37)25-23-16-17(21(3,4)5)28-30-18(11(2)31)24-26-20(16)30/h6-8,11,28,31H,1-5H3,(H,32,33,34)(H,35,36,37). The maximum Gasteiger partial charge on any atom is 0.296 e. The lowest BCUT2D eigenvalue weighted by atomic mass is 9.91. The molecule has 1 atom stereocenters. The third-order valence-electron chi connectivity index (χ3n) is 5.61. The van der Waals surface area contributed by atoms with Gasteiger partial charge in [-0.3, -0.25) is 14.2 Å². The second-order valence-electron chi connectivity index (χ2n) is 9.57. The lowest BCUT2D eigenvalue weighted by Gasteiger charge is -2.16. The van der Waals surface area contributed by atoms with Gasteiger partial charge in [0.05, 0.1) is 22.0 Å². The third kappa shape index (κ3) is 5.05. The van der Waals surface area contributed by atoms with Gasteiger partial charge in [-0.2, -0.15) is 27.2 Å². The zero-order chi connectivity index (χ0) is 29.1. The molecule has 4 aromatic rings. The Morgan fingerprint density at radius 3 is 2.31 bits per heavy atom. The van der Waals surface area contributed by atoms with Gasteiger partial charge in [0.15, 0.2) is 17.3 Å². The Hall–Kier alpha value is -4.02. The zero-order valence-corrected chi connectivity index (χ0v) is 22.8. The van der Waals surface area contributed by atoms with Crippen molar-refractivity contribution in [2.24, 2.45) is 10.2 Å². The van der Waals surface area contributed by atoms with E-state index in [9.17, 15) is 36.3 Å². The molecule has 1 unspecified atom stereocenters. The summed E-state index contributed by atoms with van der Waals surface area (Å²) in [6.45, 7) is 8.56. The van der Waals surface area contributed by atoms with Crippen molar-refractivity contribution in [2.75, 3.05) is 0 Å². The molecule has 0 aliphatic carbocycles. The number of nitrogens with one attached hydrogen (secondary N) is 1. The SMILES string of the molecule is Cc1nn(-c2cc(S(=O)(=O)O)ccc2S(=O)(=O)O)c(N=Nc2c(C(C)(C)C)[nH]n3c(C(C)O)nnc23)c1C#N. The van der Waals surface area contributed by atoms with E-state index in [0.717, 1.165) is 22.9 Å². The average molecular weight is 578 g/mol. The van der Waals surface area contributed by atoms with Crippen LogP contribution in [0.1, 0.15) is 56.6 Å². The Morgan fingerprint density at radius 2 is 1.77 bits per heavy atom. The first-order valence-corrected chi connectivity index (χ1v) is 14.0. The van der Waals surface area contributed by atoms with Crippen LogP contribution >= 0.6 is 0 Å². The minimum absolute atomic E-state index is 0.0825. The molecule has 16 nitrogen and oxygen atoms in total. The van der Waals surface area contributed by atoms with Crippen LogP contribution in [0.2, 0.25) is 0 Å². The summed E-state index contributed by atoms with van der Waals surface area (Å²) < 4.78 is 69.3. The summed E-state index contributed by atoms with van der Waals surface area (Å²) in [5, 5.41) is 43.5. The number of aromatic nitrogens is 6. The van der Waals surface area contributed by atoms with Crippen LogP contribution in [0.3, 0.4) is 0 Å². The molecule has 0 saturated carbocycles. The molecule has 4 rings (SSSR count). The minimum atomic E-state index is -4.93. The van der Waals surface area contributed by atoms with E-state index in [4.69, 9.17) is 0 Å². The van der Waals surface area contributed by atoms with Crippen LogP contribution in [0.4, 0.5) is 11.5 Å². The molecule has 0 aliphatic rings. The molecule has 0 bridgehead atoms. The fraction of sp³-hybridized carbons (Fsp3) is 0.333. The summed E-state index contributed by atoms with van der Waals surface area (Å²) in [7, 11) is -9.73. The number of hydrogen-bond donors (Lipinski definition) is 4. The van der Waals surface area contributed by atoms with Crippen molar-refractivity contribution in [3.63, 3.8) is 0 Å². The van der Waals surface area contributed by atoms with Crippen molar-refractivity contribution < 1.29 is 31.0 Å². The lowest BCUT2D eigenvalue weighted by Crippen LogP contribution is -2.13. The predicted octanol–water partition coefficient (Wildman–Crippen LogP) is 2.68. The number of nitriles is 1. The topological polar surface area (TPSA) is 241 Å². The Morgan fingerprint density at radius 1 is 1.10 bits per heavy atom. The van der Waals surface area contributed by atoms with E-state index in [1.807, 2.05) is 26.8 Å². The van der Waals surface area contributed by atoms with Crippen LogP contribution in [0.5, 0.6) is 0 Å². The molecular formula is C21H23N9O7S2. The fourth-order valence-corrected chi connectivity index (χ4v) is 4.92. The molecule has 0 saturated heterocycles. The van der Waals surface area contributed by atoms with Gasteiger partial charge in [0, 0.05) is 5.41 Å². The summed E-state index contributed by atoms with van der Waals surface area (Å²) in [4.78, 5) is -1.47. The Bertz CT molecular complexity index is 1900. The molecule has 1 aromatic carbocycles. The van der Waals surface area contributed by atoms with Gasteiger partial charge in [0.1, 0.15) is 22.6 Å². The van der Waals surface area contributed by atoms with Crippen LogP contribution < -0.4 is 0 Å². The lowest BCUT2D eigenvalue weighted by molar-refractivity contribution is 0.186. The van der Waals surface area contributed by atoms with Crippen LogP contribution in [0, 0.1) is 18.3 Å². The van der Waals surface area contributed by atoms with Crippen LogP contribution in [-0.2, 0) is 25.7 Å². The van der Waals surface area contributed by atoms with Gasteiger partial charge >= 0.3 is 0 Å². The molecule has 4 N–H and O–H groups in total. The van der Waals surface area contributed by atoms with Crippen molar-refractivity contribution in [1.29, 1.82) is 5.26 Å². The second-order valence-corrected chi connectivity index (χ2v) is 12.4. The molecule has 0 aliphatic heterocycles. The summed E-state index contributed by atoms with van der Waals surface area (Å²) in [6, 6.07) is 4.20. The molecule has 206 valence electrons. The van der Waals surface area contributed by atoms with E-state index in [0.29, 0.717) is 5.69 Å². The van der Waals surface area contributed by atoms with Crippen LogP contribution in [-0.4, -0.2) is 60.6 Å².